The van der Waals surface area contributed by atoms with Crippen LogP contribution in [0.1, 0.15) is 13.3 Å². The molecule has 22 heavy (non-hydrogen) atoms. The fourth-order valence-corrected chi connectivity index (χ4v) is 1.73. The fourth-order valence-electron chi connectivity index (χ4n) is 1.73. The lowest BCUT2D eigenvalue weighted by Crippen LogP contribution is -2.07. The monoisotopic (exact) mass is 304 g/mol. The second kappa shape index (κ2) is 7.21. The van der Waals surface area contributed by atoms with E-state index in [0.29, 0.717) is 18.0 Å². The number of nitrogens with one attached hydrogen (secondary N) is 1. The first-order chi connectivity index (χ1) is 10.7. The van der Waals surface area contributed by atoms with E-state index in [1.165, 1.54) is 6.33 Å². The van der Waals surface area contributed by atoms with Crippen LogP contribution in [0.2, 0.25) is 0 Å². The first kappa shape index (κ1) is 15.5. The number of methoxy groups -OCH3 is 1. The summed E-state index contributed by atoms with van der Waals surface area (Å²) >= 11 is 0. The summed E-state index contributed by atoms with van der Waals surface area (Å²) in [5, 5.41) is 14.2. The minimum atomic E-state index is -0.559. The molecule has 0 saturated heterocycles. The van der Waals surface area contributed by atoms with Gasteiger partial charge in [0.2, 0.25) is 5.82 Å². The topological polar surface area (TPSA) is 99.4 Å². The zero-order chi connectivity index (χ0) is 15.9. The van der Waals surface area contributed by atoms with E-state index in [2.05, 4.69) is 15.3 Å². The molecule has 0 spiro atoms. The highest BCUT2D eigenvalue weighted by molar-refractivity contribution is 5.61. The third-order valence-corrected chi connectivity index (χ3v) is 2.79. The van der Waals surface area contributed by atoms with Gasteiger partial charge in [-0.1, -0.05) is 6.92 Å². The summed E-state index contributed by atoms with van der Waals surface area (Å²) in [5.74, 6) is 1.12. The molecule has 0 unspecified atom stereocenters. The zero-order valence-corrected chi connectivity index (χ0v) is 12.3. The van der Waals surface area contributed by atoms with Crippen molar-refractivity contribution in [2.75, 3.05) is 19.0 Å². The molecular formula is C14H16N4O4. The molecule has 0 fully saturated rings. The van der Waals surface area contributed by atoms with Crippen molar-refractivity contribution in [3.05, 3.63) is 40.7 Å². The Bertz CT molecular complexity index is 646. The molecule has 0 aliphatic carbocycles. The van der Waals surface area contributed by atoms with E-state index in [4.69, 9.17) is 9.47 Å². The van der Waals surface area contributed by atoms with Crippen LogP contribution in [-0.4, -0.2) is 28.5 Å². The Balaban J connectivity index is 2.30. The van der Waals surface area contributed by atoms with Crippen molar-refractivity contribution < 1.29 is 14.4 Å². The predicted molar refractivity (Wildman–Crippen MR) is 80.5 cm³/mol. The van der Waals surface area contributed by atoms with Crippen LogP contribution in [-0.2, 0) is 0 Å². The smallest absolute Gasteiger partial charge is 0.373 e. The first-order valence-corrected chi connectivity index (χ1v) is 6.71. The lowest BCUT2D eigenvalue weighted by atomic mass is 10.3. The first-order valence-electron chi connectivity index (χ1n) is 6.71. The minimum Gasteiger partial charge on any atom is -0.497 e. The van der Waals surface area contributed by atoms with E-state index < -0.39 is 4.92 Å². The molecule has 1 N–H and O–H groups in total. The Morgan fingerprint density at radius 2 is 1.91 bits per heavy atom. The number of ether oxygens (including phenoxy) is 2. The summed E-state index contributed by atoms with van der Waals surface area (Å²) in [5.41, 5.74) is -0.285. The van der Waals surface area contributed by atoms with Crippen LogP contribution in [0.4, 0.5) is 11.5 Å². The average Bonchev–Trinajstić information content (AvgIpc) is 2.53. The zero-order valence-electron chi connectivity index (χ0n) is 12.3. The van der Waals surface area contributed by atoms with Gasteiger partial charge in [0, 0.05) is 6.54 Å². The fraction of sp³-hybridized carbons (Fsp3) is 0.286. The van der Waals surface area contributed by atoms with E-state index in [-0.39, 0.29) is 17.4 Å². The number of nitrogens with zero attached hydrogens (tertiary/aromatic N) is 3. The van der Waals surface area contributed by atoms with Crippen LogP contribution < -0.4 is 14.8 Å². The van der Waals surface area contributed by atoms with Gasteiger partial charge in [-0.15, -0.1) is 0 Å². The van der Waals surface area contributed by atoms with Crippen molar-refractivity contribution in [1.29, 1.82) is 0 Å². The number of nitro groups is 1. The van der Waals surface area contributed by atoms with Crippen molar-refractivity contribution in [1.82, 2.24) is 9.97 Å². The van der Waals surface area contributed by atoms with Gasteiger partial charge in [-0.2, -0.15) is 4.98 Å². The Labute approximate surface area is 127 Å². The van der Waals surface area contributed by atoms with E-state index in [0.717, 1.165) is 6.42 Å². The Kier molecular flexibility index (Phi) is 5.07. The molecule has 0 saturated carbocycles. The van der Waals surface area contributed by atoms with Crippen LogP contribution in [0.5, 0.6) is 17.4 Å². The molecule has 0 atom stereocenters. The molecule has 8 heteroatoms. The molecule has 0 aliphatic rings. The van der Waals surface area contributed by atoms with Crippen molar-refractivity contribution in [3.63, 3.8) is 0 Å². The second-order valence-corrected chi connectivity index (χ2v) is 4.34. The highest BCUT2D eigenvalue weighted by atomic mass is 16.6. The van der Waals surface area contributed by atoms with E-state index >= 15 is 0 Å². The summed E-state index contributed by atoms with van der Waals surface area (Å²) in [4.78, 5) is 18.5. The maximum absolute atomic E-state index is 11.3. The number of benzene rings is 1. The van der Waals surface area contributed by atoms with Crippen LogP contribution >= 0.6 is 0 Å². The maximum atomic E-state index is 11.3. The molecule has 1 heterocycles. The van der Waals surface area contributed by atoms with Crippen molar-refractivity contribution in [2.45, 2.75) is 13.3 Å². The lowest BCUT2D eigenvalue weighted by Gasteiger charge is -2.09. The van der Waals surface area contributed by atoms with Gasteiger partial charge < -0.3 is 14.8 Å². The molecule has 116 valence electrons. The van der Waals surface area contributed by atoms with Crippen LogP contribution in [0, 0.1) is 10.1 Å². The number of aromatic nitrogens is 2. The highest BCUT2D eigenvalue weighted by Gasteiger charge is 2.24. The summed E-state index contributed by atoms with van der Waals surface area (Å²) < 4.78 is 10.5. The van der Waals surface area contributed by atoms with Gasteiger partial charge in [-0.05, 0) is 30.7 Å². The normalized spacial score (nSPS) is 10.1. The summed E-state index contributed by atoms with van der Waals surface area (Å²) in [6.45, 7) is 2.52. The molecule has 0 amide bonds. The molecule has 0 aliphatic heterocycles. The minimum absolute atomic E-state index is 0.108. The van der Waals surface area contributed by atoms with Gasteiger partial charge in [0.25, 0.3) is 0 Å². The largest absolute Gasteiger partial charge is 0.497 e. The van der Waals surface area contributed by atoms with E-state index in [1.807, 2.05) is 6.92 Å². The molecule has 2 rings (SSSR count). The highest BCUT2D eigenvalue weighted by Crippen LogP contribution is 2.34. The van der Waals surface area contributed by atoms with Gasteiger partial charge in [0.05, 0.1) is 12.0 Å². The predicted octanol–water partition coefficient (Wildman–Crippen LogP) is 3.01. The van der Waals surface area contributed by atoms with Crippen LogP contribution in [0.15, 0.2) is 30.6 Å². The number of hydrogen-bond donors (Lipinski definition) is 1. The quantitative estimate of drug-likeness (QED) is 0.620. The molecule has 2 aromatic rings. The molecule has 1 aromatic carbocycles. The number of anilines is 1. The summed E-state index contributed by atoms with van der Waals surface area (Å²) in [6.07, 6.45) is 2.04. The third-order valence-electron chi connectivity index (χ3n) is 2.79. The molecule has 0 bridgehead atoms. The SMILES string of the molecule is CCCNc1ncnc(Oc2ccc(OC)cc2)c1[N+](=O)[O-]. The van der Waals surface area contributed by atoms with E-state index in [9.17, 15) is 10.1 Å². The van der Waals surface area contributed by atoms with Crippen molar-refractivity contribution in [3.8, 4) is 17.4 Å². The Morgan fingerprint density at radius 1 is 1.23 bits per heavy atom. The van der Waals surface area contributed by atoms with Gasteiger partial charge in [-0.3, -0.25) is 10.1 Å². The standard InChI is InChI=1S/C14H16N4O4/c1-3-8-15-13-12(18(19)20)14(17-9-16-13)22-11-6-4-10(21-2)5-7-11/h4-7,9H,3,8H2,1-2H3,(H,15,16,17). The summed E-state index contributed by atoms with van der Waals surface area (Å²) in [7, 11) is 1.55. The van der Waals surface area contributed by atoms with Crippen LogP contribution in [0.25, 0.3) is 0 Å². The van der Waals surface area contributed by atoms with Crippen molar-refractivity contribution >= 4 is 11.5 Å². The van der Waals surface area contributed by atoms with Gasteiger partial charge in [0.1, 0.15) is 17.8 Å². The maximum Gasteiger partial charge on any atom is 0.373 e. The Hall–Kier alpha value is -2.90. The van der Waals surface area contributed by atoms with Crippen molar-refractivity contribution in [2.24, 2.45) is 0 Å². The summed E-state index contributed by atoms with van der Waals surface area (Å²) in [6, 6.07) is 6.67. The lowest BCUT2D eigenvalue weighted by molar-refractivity contribution is -0.385. The number of hydrogen-bond acceptors (Lipinski definition) is 7. The molecular weight excluding hydrogens is 288 g/mol. The van der Waals surface area contributed by atoms with Gasteiger partial charge in [-0.25, -0.2) is 4.98 Å². The molecule has 1 aromatic heterocycles. The van der Waals surface area contributed by atoms with Gasteiger partial charge >= 0.3 is 11.6 Å². The molecule has 0 radical (unpaired) electrons. The van der Waals surface area contributed by atoms with E-state index in [1.54, 1.807) is 31.4 Å². The second-order valence-electron chi connectivity index (χ2n) is 4.34. The number of rotatable bonds is 7. The van der Waals surface area contributed by atoms with Gasteiger partial charge in [0.15, 0.2) is 0 Å². The average molecular weight is 304 g/mol. The molecule has 8 nitrogen and oxygen atoms in total. The Morgan fingerprint density at radius 3 is 2.50 bits per heavy atom. The van der Waals surface area contributed by atoms with Crippen LogP contribution in [0.3, 0.4) is 0 Å². The third kappa shape index (κ3) is 3.60.